The Morgan fingerprint density at radius 3 is 2.39 bits per heavy atom. The molecule has 1 atom stereocenters. The van der Waals surface area contributed by atoms with Gasteiger partial charge in [-0.1, -0.05) is 68.3 Å². The second kappa shape index (κ2) is 15.5. The highest BCUT2D eigenvalue weighted by atomic mass is 35.5. The third-order valence-electron chi connectivity index (χ3n) is 7.06. The number of nitrogens with one attached hydrogen (secondary N) is 1. The zero-order valence-corrected chi connectivity index (χ0v) is 26.7. The lowest BCUT2D eigenvalue weighted by Gasteiger charge is -2.33. The lowest BCUT2D eigenvalue weighted by atomic mass is 10.1. The van der Waals surface area contributed by atoms with Crippen molar-refractivity contribution in [3.63, 3.8) is 0 Å². The van der Waals surface area contributed by atoms with E-state index >= 15 is 0 Å². The van der Waals surface area contributed by atoms with Crippen LogP contribution in [-0.4, -0.2) is 56.3 Å². The number of anilines is 1. The van der Waals surface area contributed by atoms with Gasteiger partial charge in [0.25, 0.3) is 15.7 Å². The number of carbonyl (C=O) groups excluding carboxylic acids is 2. The van der Waals surface area contributed by atoms with Crippen LogP contribution in [0.3, 0.4) is 0 Å². The molecule has 0 aliphatic carbocycles. The van der Waals surface area contributed by atoms with Gasteiger partial charge in [-0.3, -0.25) is 24.0 Å². The van der Waals surface area contributed by atoms with E-state index in [1.165, 1.54) is 49.3 Å². The zero-order valence-electron chi connectivity index (χ0n) is 25.2. The number of nitro benzene ring substituents is 1. The highest BCUT2D eigenvalue weighted by Gasteiger charge is 2.35. The van der Waals surface area contributed by atoms with Crippen molar-refractivity contribution < 1.29 is 27.7 Å². The Hall–Kier alpha value is -4.16. The number of rotatable bonds is 15. The van der Waals surface area contributed by atoms with Gasteiger partial charge in [-0.05, 0) is 49.6 Å². The summed E-state index contributed by atoms with van der Waals surface area (Å²) in [5, 5.41) is 14.7. The fourth-order valence-electron chi connectivity index (χ4n) is 4.65. The molecule has 0 saturated heterocycles. The van der Waals surface area contributed by atoms with Crippen LogP contribution in [0.25, 0.3) is 0 Å². The molecule has 0 unspecified atom stereocenters. The number of benzene rings is 3. The summed E-state index contributed by atoms with van der Waals surface area (Å²) in [6, 6.07) is 16.0. The molecule has 11 nitrogen and oxygen atoms in total. The van der Waals surface area contributed by atoms with E-state index in [0.29, 0.717) is 6.54 Å². The molecule has 0 aliphatic rings. The van der Waals surface area contributed by atoms with Gasteiger partial charge >= 0.3 is 0 Å². The summed E-state index contributed by atoms with van der Waals surface area (Å²) >= 11 is 6.27. The number of carbonyl (C=O) groups is 2. The van der Waals surface area contributed by atoms with E-state index < -0.39 is 44.0 Å². The Morgan fingerprint density at radius 2 is 1.77 bits per heavy atom. The van der Waals surface area contributed by atoms with Crippen molar-refractivity contribution in [3.05, 3.63) is 93.0 Å². The van der Waals surface area contributed by atoms with Crippen LogP contribution in [-0.2, 0) is 26.2 Å². The number of nitrogens with zero attached hydrogens (tertiary/aromatic N) is 3. The van der Waals surface area contributed by atoms with Crippen molar-refractivity contribution in [1.29, 1.82) is 0 Å². The number of methoxy groups -OCH3 is 1. The van der Waals surface area contributed by atoms with Crippen molar-refractivity contribution in [2.75, 3.05) is 24.5 Å². The molecule has 0 radical (unpaired) electrons. The van der Waals surface area contributed by atoms with Crippen LogP contribution in [0.15, 0.2) is 71.6 Å². The summed E-state index contributed by atoms with van der Waals surface area (Å²) in [4.78, 5) is 39.5. The summed E-state index contributed by atoms with van der Waals surface area (Å²) in [7, 11) is -3.27. The number of ether oxygens (including phenoxy) is 1. The second-order valence-electron chi connectivity index (χ2n) is 10.1. The number of sulfonamides is 1. The molecule has 0 bridgehead atoms. The molecule has 44 heavy (non-hydrogen) atoms. The van der Waals surface area contributed by atoms with Crippen LogP contribution in [0.5, 0.6) is 5.75 Å². The first-order chi connectivity index (χ1) is 20.9. The Bertz CT molecular complexity index is 1590. The zero-order chi connectivity index (χ0) is 32.4. The second-order valence-corrected chi connectivity index (χ2v) is 12.4. The average Bonchev–Trinajstić information content (AvgIpc) is 3.00. The third kappa shape index (κ3) is 8.26. The SMILES string of the molecule is CCCCNC(=O)[C@@H](CC)N(Cc1ccccc1)C(=O)CN(c1cc(Cl)ccc1OC)S(=O)(=O)c1ccc(C)c([N+](=O)[O-])c1. The molecule has 3 aromatic carbocycles. The van der Waals surface area contributed by atoms with Gasteiger partial charge in [0.05, 0.1) is 22.6 Å². The summed E-state index contributed by atoms with van der Waals surface area (Å²) in [5.41, 5.74) is 0.572. The highest BCUT2D eigenvalue weighted by molar-refractivity contribution is 7.92. The van der Waals surface area contributed by atoms with E-state index in [1.54, 1.807) is 19.1 Å². The minimum Gasteiger partial charge on any atom is -0.495 e. The predicted molar refractivity (Wildman–Crippen MR) is 169 cm³/mol. The minimum atomic E-state index is -4.61. The van der Waals surface area contributed by atoms with E-state index in [-0.39, 0.29) is 40.9 Å². The lowest BCUT2D eigenvalue weighted by Crippen LogP contribution is -2.52. The van der Waals surface area contributed by atoms with Gasteiger partial charge in [-0.2, -0.15) is 0 Å². The average molecular weight is 645 g/mol. The molecule has 0 aliphatic heterocycles. The number of unbranched alkanes of at least 4 members (excludes halogenated alkanes) is 1. The quantitative estimate of drug-likeness (QED) is 0.131. The lowest BCUT2D eigenvalue weighted by molar-refractivity contribution is -0.385. The number of hydrogen-bond acceptors (Lipinski definition) is 7. The maximum atomic E-state index is 14.2. The molecular formula is C31H37ClN4O7S. The number of nitro groups is 1. The normalized spacial score (nSPS) is 11.8. The summed E-state index contributed by atoms with van der Waals surface area (Å²) in [6.07, 6.45) is 1.90. The summed E-state index contributed by atoms with van der Waals surface area (Å²) in [6.45, 7) is 4.99. The predicted octanol–water partition coefficient (Wildman–Crippen LogP) is 5.48. The van der Waals surface area contributed by atoms with Gasteiger partial charge in [0.1, 0.15) is 18.3 Å². The third-order valence-corrected chi connectivity index (χ3v) is 9.06. The van der Waals surface area contributed by atoms with E-state index in [4.69, 9.17) is 16.3 Å². The standard InChI is InChI=1S/C31H37ClN4O7S/c1-5-7-17-33-31(38)26(6-2)34(20-23-11-9-8-10-12-23)30(37)21-35(28-18-24(32)14-16-29(28)43-4)44(41,42)25-15-13-22(3)27(19-25)36(39)40/h8-16,18-19,26H,5-7,17,20-21H2,1-4H3,(H,33,38)/t26-/m1/s1. The first-order valence-corrected chi connectivity index (χ1v) is 16.0. The molecular weight excluding hydrogens is 608 g/mol. The van der Waals surface area contributed by atoms with E-state index in [0.717, 1.165) is 28.8 Å². The molecule has 3 aromatic rings. The number of halogens is 1. The first kappa shape index (κ1) is 34.3. The molecule has 1 N–H and O–H groups in total. The van der Waals surface area contributed by atoms with Crippen molar-refractivity contribution in [2.24, 2.45) is 0 Å². The molecule has 0 spiro atoms. The maximum Gasteiger partial charge on any atom is 0.273 e. The van der Waals surface area contributed by atoms with Crippen molar-refractivity contribution in [3.8, 4) is 5.75 Å². The highest BCUT2D eigenvalue weighted by Crippen LogP contribution is 2.36. The van der Waals surface area contributed by atoms with Crippen molar-refractivity contribution in [2.45, 2.75) is 57.5 Å². The minimum absolute atomic E-state index is 0.0376. The van der Waals surface area contributed by atoms with Crippen LogP contribution in [0, 0.1) is 17.0 Å². The van der Waals surface area contributed by atoms with Crippen LogP contribution < -0.4 is 14.4 Å². The topological polar surface area (TPSA) is 139 Å². The Morgan fingerprint density at radius 1 is 1.07 bits per heavy atom. The van der Waals surface area contributed by atoms with E-state index in [2.05, 4.69) is 5.32 Å². The Kier molecular flexibility index (Phi) is 12.1. The molecule has 236 valence electrons. The summed E-state index contributed by atoms with van der Waals surface area (Å²) < 4.78 is 34.7. The summed E-state index contributed by atoms with van der Waals surface area (Å²) in [5.74, 6) is -0.918. The Balaban J connectivity index is 2.15. The van der Waals surface area contributed by atoms with Gasteiger partial charge in [0.2, 0.25) is 11.8 Å². The van der Waals surface area contributed by atoms with Gasteiger partial charge in [0, 0.05) is 29.7 Å². The largest absolute Gasteiger partial charge is 0.495 e. The van der Waals surface area contributed by atoms with Crippen molar-refractivity contribution in [1.82, 2.24) is 10.2 Å². The van der Waals surface area contributed by atoms with Gasteiger partial charge < -0.3 is 15.0 Å². The van der Waals surface area contributed by atoms with Gasteiger partial charge in [0.15, 0.2) is 0 Å². The number of aryl methyl sites for hydroxylation is 1. The van der Waals surface area contributed by atoms with Crippen LogP contribution in [0.1, 0.15) is 44.2 Å². The maximum absolute atomic E-state index is 14.2. The van der Waals surface area contributed by atoms with E-state index in [1.807, 2.05) is 25.1 Å². The molecule has 0 heterocycles. The molecule has 0 fully saturated rings. The molecule has 3 rings (SSSR count). The van der Waals surface area contributed by atoms with Crippen LogP contribution >= 0.6 is 11.6 Å². The number of hydrogen-bond donors (Lipinski definition) is 1. The fourth-order valence-corrected chi connectivity index (χ4v) is 6.25. The van der Waals surface area contributed by atoms with Crippen molar-refractivity contribution >= 4 is 44.8 Å². The molecule has 0 aromatic heterocycles. The number of amides is 2. The monoisotopic (exact) mass is 644 g/mol. The van der Waals surface area contributed by atoms with Gasteiger partial charge in [-0.15, -0.1) is 0 Å². The molecule has 0 saturated carbocycles. The molecule has 13 heteroatoms. The van der Waals surface area contributed by atoms with E-state index in [9.17, 15) is 28.1 Å². The Labute approximate surface area is 263 Å². The molecule has 2 amide bonds. The van der Waals surface area contributed by atoms with Gasteiger partial charge in [-0.25, -0.2) is 8.42 Å². The fraction of sp³-hybridized carbons (Fsp3) is 0.355. The first-order valence-electron chi connectivity index (χ1n) is 14.2. The van der Waals surface area contributed by atoms with Crippen LogP contribution in [0.2, 0.25) is 5.02 Å². The van der Waals surface area contributed by atoms with Crippen LogP contribution in [0.4, 0.5) is 11.4 Å². The smallest absolute Gasteiger partial charge is 0.273 e.